The largest absolute Gasteiger partial charge is 0.366 e. The van der Waals surface area contributed by atoms with Gasteiger partial charge in [-0.25, -0.2) is 4.98 Å². The van der Waals surface area contributed by atoms with Crippen molar-refractivity contribution in [2.45, 2.75) is 32.1 Å². The number of primary amides is 1. The van der Waals surface area contributed by atoms with Crippen LogP contribution in [0.3, 0.4) is 0 Å². The van der Waals surface area contributed by atoms with Gasteiger partial charge in [0.2, 0.25) is 5.91 Å². The van der Waals surface area contributed by atoms with Gasteiger partial charge in [0, 0.05) is 47.7 Å². The van der Waals surface area contributed by atoms with E-state index in [9.17, 15) is 4.79 Å². The number of para-hydroxylation sites is 1. The quantitative estimate of drug-likeness (QED) is 0.136. The molecule has 2 heterocycles. The Bertz CT molecular complexity index is 1350. The lowest BCUT2D eigenvalue weighted by atomic mass is 9.96. The van der Waals surface area contributed by atoms with E-state index in [1.165, 1.54) is 0 Å². The average Bonchev–Trinajstić information content (AvgIpc) is 3.50. The molecule has 0 spiro atoms. The van der Waals surface area contributed by atoms with E-state index < -0.39 is 5.91 Å². The van der Waals surface area contributed by atoms with Gasteiger partial charge in [-0.2, -0.15) is 5.10 Å². The molecule has 0 saturated heterocycles. The zero-order chi connectivity index (χ0) is 24.6. The zero-order valence-electron chi connectivity index (χ0n) is 19.7. The molecule has 2 aromatic heterocycles. The Hall–Kier alpha value is -4.36. The maximum absolute atomic E-state index is 12.5. The highest BCUT2D eigenvalue weighted by molar-refractivity contribution is 6.03. The number of carbonyl (C=O) groups is 1. The molecule has 4 rings (SSSR count). The van der Waals surface area contributed by atoms with E-state index in [0.29, 0.717) is 23.5 Å². The molecule has 0 saturated carbocycles. The fourth-order valence-electron chi connectivity index (χ4n) is 4.20. The van der Waals surface area contributed by atoms with Gasteiger partial charge >= 0.3 is 0 Å². The summed E-state index contributed by atoms with van der Waals surface area (Å²) < 4.78 is 3.76. The van der Waals surface area contributed by atoms with Gasteiger partial charge in [0.05, 0.1) is 17.5 Å². The van der Waals surface area contributed by atoms with E-state index in [2.05, 4.69) is 15.1 Å². The van der Waals surface area contributed by atoms with Crippen LogP contribution >= 0.6 is 0 Å². The highest BCUT2D eigenvalue weighted by atomic mass is 16.1. The van der Waals surface area contributed by atoms with Crippen molar-refractivity contribution >= 4 is 5.91 Å². The number of nitrogens with zero attached hydrogens (tertiary/aromatic N) is 7. The van der Waals surface area contributed by atoms with Crippen LogP contribution in [-0.4, -0.2) is 31.8 Å². The maximum Gasteiger partial charge on any atom is 0.249 e. The van der Waals surface area contributed by atoms with Crippen LogP contribution < -0.4 is 5.73 Å². The maximum atomic E-state index is 12.5. The molecule has 0 unspecified atom stereocenters. The van der Waals surface area contributed by atoms with Crippen LogP contribution in [0.25, 0.3) is 38.6 Å². The summed E-state index contributed by atoms with van der Waals surface area (Å²) in [4.78, 5) is 20.3. The fraction of sp³-hybridized carbons (Fsp3) is 0.269. The second kappa shape index (κ2) is 11.2. The van der Waals surface area contributed by atoms with Gasteiger partial charge in [0.15, 0.2) is 0 Å². The predicted octanol–water partition coefficient (Wildman–Crippen LogP) is 5.45. The van der Waals surface area contributed by atoms with Crippen LogP contribution in [0.4, 0.5) is 0 Å². The Morgan fingerprint density at radius 2 is 1.86 bits per heavy atom. The number of aryl methyl sites for hydroxylation is 2. The van der Waals surface area contributed by atoms with E-state index in [-0.39, 0.29) is 0 Å². The standard InChI is InChI=1S/C26H28N8O/c1-33-17-19(16-30-33)22-13-9-14-23(25(27)35)24(22)26-31-20(10-5-2-3-8-15-29-32-28)18-34(26)21-11-6-4-7-12-21/h4,6-7,9,11-14,16-18H,2-3,5,8,10,15H2,1H3,(H2,27,35). The Kier molecular flexibility index (Phi) is 7.60. The average molecular weight is 469 g/mol. The Balaban J connectivity index is 1.75. The van der Waals surface area contributed by atoms with Crippen molar-refractivity contribution in [1.82, 2.24) is 19.3 Å². The highest BCUT2D eigenvalue weighted by Crippen LogP contribution is 2.36. The summed E-state index contributed by atoms with van der Waals surface area (Å²) in [5.74, 6) is 0.165. The first kappa shape index (κ1) is 23.8. The first-order valence-electron chi connectivity index (χ1n) is 11.6. The molecule has 0 aliphatic carbocycles. The molecule has 4 aromatic rings. The number of hydrogen-bond acceptors (Lipinski definition) is 4. The molecular formula is C26H28N8O. The van der Waals surface area contributed by atoms with E-state index in [1.54, 1.807) is 16.9 Å². The van der Waals surface area contributed by atoms with Crippen LogP contribution in [0.2, 0.25) is 0 Å². The normalized spacial score (nSPS) is 10.8. The smallest absolute Gasteiger partial charge is 0.249 e. The number of aromatic nitrogens is 4. The molecule has 35 heavy (non-hydrogen) atoms. The van der Waals surface area contributed by atoms with Crippen molar-refractivity contribution in [3.8, 4) is 28.2 Å². The topological polar surface area (TPSA) is 127 Å². The van der Waals surface area contributed by atoms with Crippen LogP contribution in [0, 0.1) is 0 Å². The van der Waals surface area contributed by atoms with Crippen molar-refractivity contribution in [2.24, 2.45) is 17.9 Å². The summed E-state index contributed by atoms with van der Waals surface area (Å²) in [5, 5.41) is 7.90. The molecule has 9 heteroatoms. The Morgan fingerprint density at radius 1 is 1.06 bits per heavy atom. The monoisotopic (exact) mass is 468 g/mol. The molecule has 1 amide bonds. The van der Waals surface area contributed by atoms with E-state index in [4.69, 9.17) is 16.2 Å². The molecule has 2 N–H and O–H groups in total. The summed E-state index contributed by atoms with van der Waals surface area (Å²) in [6.45, 7) is 0.532. The first-order chi connectivity index (χ1) is 17.1. The van der Waals surface area contributed by atoms with Crippen LogP contribution in [-0.2, 0) is 13.5 Å². The Morgan fingerprint density at radius 3 is 2.57 bits per heavy atom. The van der Waals surface area contributed by atoms with Gasteiger partial charge in [-0.3, -0.25) is 14.0 Å². The molecule has 0 aliphatic rings. The van der Waals surface area contributed by atoms with Crippen molar-refractivity contribution in [2.75, 3.05) is 6.54 Å². The molecule has 0 atom stereocenters. The first-order valence-corrected chi connectivity index (χ1v) is 11.6. The number of unbranched alkanes of at least 4 members (excludes halogenated alkanes) is 3. The molecular weight excluding hydrogens is 440 g/mol. The van der Waals surface area contributed by atoms with Crippen molar-refractivity contribution < 1.29 is 4.79 Å². The third-order valence-electron chi connectivity index (χ3n) is 5.86. The van der Waals surface area contributed by atoms with Gasteiger partial charge in [-0.15, -0.1) is 0 Å². The minimum Gasteiger partial charge on any atom is -0.366 e. The number of hydrogen-bond donors (Lipinski definition) is 1. The summed E-state index contributed by atoms with van der Waals surface area (Å²) in [6, 6.07) is 15.5. The number of azide groups is 1. The molecule has 0 fully saturated rings. The fourth-order valence-corrected chi connectivity index (χ4v) is 4.20. The minimum atomic E-state index is -0.505. The minimum absolute atomic E-state index is 0.415. The highest BCUT2D eigenvalue weighted by Gasteiger charge is 2.22. The molecule has 0 radical (unpaired) electrons. The van der Waals surface area contributed by atoms with Gasteiger partial charge in [-0.1, -0.05) is 48.3 Å². The van der Waals surface area contributed by atoms with Gasteiger partial charge in [0.25, 0.3) is 0 Å². The van der Waals surface area contributed by atoms with Crippen LogP contribution in [0.1, 0.15) is 41.7 Å². The van der Waals surface area contributed by atoms with Crippen LogP contribution in [0.15, 0.2) is 72.2 Å². The molecule has 0 aliphatic heterocycles. The van der Waals surface area contributed by atoms with Gasteiger partial charge in [0.1, 0.15) is 5.82 Å². The van der Waals surface area contributed by atoms with Crippen LogP contribution in [0.5, 0.6) is 0 Å². The van der Waals surface area contributed by atoms with Crippen molar-refractivity contribution in [3.05, 3.63) is 88.8 Å². The molecule has 0 bridgehead atoms. The number of amides is 1. The van der Waals surface area contributed by atoms with E-state index >= 15 is 0 Å². The summed E-state index contributed by atoms with van der Waals surface area (Å²) in [7, 11) is 1.86. The number of nitrogens with two attached hydrogens (primary N) is 1. The third kappa shape index (κ3) is 5.59. The summed E-state index contributed by atoms with van der Waals surface area (Å²) in [6.07, 6.45) is 10.4. The van der Waals surface area contributed by atoms with E-state index in [0.717, 1.165) is 54.6 Å². The molecule has 9 nitrogen and oxygen atoms in total. The molecule has 178 valence electrons. The SMILES string of the molecule is Cn1cc(-c2cccc(C(N)=O)c2-c2nc(CCCCCCN=[N+]=[N-])cn2-c2ccccc2)cn1. The summed E-state index contributed by atoms with van der Waals surface area (Å²) in [5.41, 5.74) is 18.9. The number of imidazole rings is 1. The lowest BCUT2D eigenvalue weighted by molar-refractivity contribution is 0.100. The van der Waals surface area contributed by atoms with E-state index in [1.807, 2.05) is 66.5 Å². The van der Waals surface area contributed by atoms with Crippen molar-refractivity contribution in [3.63, 3.8) is 0 Å². The number of rotatable bonds is 11. The predicted molar refractivity (Wildman–Crippen MR) is 136 cm³/mol. The second-order valence-corrected chi connectivity index (χ2v) is 8.38. The van der Waals surface area contributed by atoms with Gasteiger partial charge < -0.3 is 5.73 Å². The summed E-state index contributed by atoms with van der Waals surface area (Å²) >= 11 is 0. The van der Waals surface area contributed by atoms with Crippen molar-refractivity contribution in [1.29, 1.82) is 0 Å². The lowest BCUT2D eigenvalue weighted by Gasteiger charge is -2.14. The number of benzene rings is 2. The third-order valence-corrected chi connectivity index (χ3v) is 5.86. The van der Waals surface area contributed by atoms with Gasteiger partial charge in [-0.05, 0) is 48.6 Å². The zero-order valence-corrected chi connectivity index (χ0v) is 19.7. The molecule has 2 aromatic carbocycles. The Labute approximate surface area is 203 Å². The second-order valence-electron chi connectivity index (χ2n) is 8.38. The lowest BCUT2D eigenvalue weighted by Crippen LogP contribution is -2.14. The number of carbonyl (C=O) groups excluding carboxylic acids is 1.